The quantitative estimate of drug-likeness (QED) is 0.681. The van der Waals surface area contributed by atoms with Crippen LogP contribution in [0.15, 0.2) is 16.9 Å². The first-order valence-corrected chi connectivity index (χ1v) is 3.19. The molecule has 0 saturated carbocycles. The molecule has 0 saturated heterocycles. The van der Waals surface area contributed by atoms with E-state index >= 15 is 0 Å². The Morgan fingerprint density at radius 3 is 2.64 bits per heavy atom. The number of aromatic nitrogens is 2. The molecule has 1 aromatic rings. The molecule has 0 N–H and O–H groups in total. The summed E-state index contributed by atoms with van der Waals surface area (Å²) in [6, 6.07) is 0. The van der Waals surface area contributed by atoms with Gasteiger partial charge >= 0.3 is 6.18 Å². The third-order valence-electron chi connectivity index (χ3n) is 0.788. The van der Waals surface area contributed by atoms with Gasteiger partial charge in [-0.1, -0.05) is 0 Å². The van der Waals surface area contributed by atoms with Crippen molar-refractivity contribution in [1.29, 1.82) is 0 Å². The van der Waals surface area contributed by atoms with Crippen LogP contribution in [-0.2, 0) is 6.18 Å². The molecule has 1 aromatic heterocycles. The molecule has 0 aliphatic heterocycles. The van der Waals surface area contributed by atoms with Crippen LogP contribution in [0.5, 0.6) is 0 Å². The fourth-order valence-corrected chi connectivity index (χ4v) is 0.668. The molecule has 0 aliphatic rings. The summed E-state index contributed by atoms with van der Waals surface area (Å²) in [5.41, 5.74) is -1.39. The highest BCUT2D eigenvalue weighted by Gasteiger charge is 2.32. The zero-order valence-corrected chi connectivity index (χ0v) is 6.49. The van der Waals surface area contributed by atoms with E-state index < -0.39 is 24.2 Å². The Hall–Kier alpha value is -0.650. The van der Waals surface area contributed by atoms with Gasteiger partial charge < -0.3 is 0 Å². The second-order valence-electron chi connectivity index (χ2n) is 1.58. The summed E-state index contributed by atoms with van der Waals surface area (Å²) in [5.74, 6) is 0. The van der Waals surface area contributed by atoms with Crippen LogP contribution in [0.1, 0.15) is 8.44 Å². The van der Waals surface area contributed by atoms with E-state index in [1.807, 2.05) is 0 Å². The molecule has 0 bridgehead atoms. The Morgan fingerprint density at radius 2 is 2.09 bits per heavy atom. The minimum absolute atomic E-state index is 0.323. The fraction of sp³-hybridized carbons (Fsp3) is 0.200. The van der Waals surface area contributed by atoms with E-state index in [4.69, 9.17) is 2.74 Å². The van der Waals surface area contributed by atoms with E-state index in [0.29, 0.717) is 0 Å². The number of hydrogen-bond donors (Lipinski definition) is 0. The van der Waals surface area contributed by atoms with Crippen LogP contribution in [0.25, 0.3) is 0 Å². The lowest BCUT2D eigenvalue weighted by Gasteiger charge is -2.03. The molecule has 0 spiro atoms. The van der Waals surface area contributed by atoms with Crippen LogP contribution in [0, 0.1) is 0 Å². The van der Waals surface area contributed by atoms with Gasteiger partial charge in [0.2, 0.25) is 0 Å². The molecule has 6 heteroatoms. The molecule has 0 fully saturated rings. The van der Waals surface area contributed by atoms with Crippen molar-refractivity contribution in [3.05, 3.63) is 22.6 Å². The molecule has 0 aromatic carbocycles. The van der Waals surface area contributed by atoms with Crippen LogP contribution in [0.4, 0.5) is 13.2 Å². The summed E-state index contributed by atoms with van der Waals surface area (Å²) < 4.78 is 49.6. The Kier molecular flexibility index (Phi) is 1.49. The standard InChI is InChI=1S/C5H2BrF3N2/c6-4-2-10-1-3(11-4)5(7,8)9/h1-2H/i1D,2D. The highest BCUT2D eigenvalue weighted by atomic mass is 79.9. The summed E-state index contributed by atoms with van der Waals surface area (Å²) in [6.45, 7) is 0. The van der Waals surface area contributed by atoms with Gasteiger partial charge in [0.15, 0.2) is 5.69 Å². The number of nitrogens with zero attached hydrogens (tertiary/aromatic N) is 2. The fourth-order valence-electron chi connectivity index (χ4n) is 0.402. The molecule has 0 atom stereocenters. The van der Waals surface area contributed by atoms with E-state index in [1.165, 1.54) is 0 Å². The normalized spacial score (nSPS) is 14.2. The van der Waals surface area contributed by atoms with E-state index in [9.17, 15) is 13.2 Å². The van der Waals surface area contributed by atoms with E-state index in [-0.39, 0.29) is 4.60 Å². The molecular formula is C5H2BrF3N2. The van der Waals surface area contributed by atoms with Gasteiger partial charge in [0, 0.05) is 0 Å². The topological polar surface area (TPSA) is 25.8 Å². The monoisotopic (exact) mass is 228 g/mol. The molecule has 0 radical (unpaired) electrons. The van der Waals surface area contributed by atoms with Gasteiger partial charge in [0.05, 0.1) is 15.1 Å². The minimum Gasteiger partial charge on any atom is -0.260 e. The first kappa shape index (κ1) is 5.93. The van der Waals surface area contributed by atoms with E-state index in [2.05, 4.69) is 25.9 Å². The molecule has 0 amide bonds. The Bertz CT molecular complexity index is 341. The largest absolute Gasteiger partial charge is 0.434 e. The SMILES string of the molecule is [2H]c1nc([2H])c(C(F)(F)F)nc1Br. The Morgan fingerprint density at radius 1 is 1.45 bits per heavy atom. The number of halogens is 4. The molecule has 11 heavy (non-hydrogen) atoms. The maximum Gasteiger partial charge on any atom is 0.434 e. The lowest BCUT2D eigenvalue weighted by atomic mass is 10.4. The van der Waals surface area contributed by atoms with Crippen molar-refractivity contribution >= 4 is 15.9 Å². The van der Waals surface area contributed by atoms with E-state index in [1.54, 1.807) is 0 Å². The van der Waals surface area contributed by atoms with Gasteiger partial charge in [-0.25, -0.2) is 4.98 Å². The molecular weight excluding hydrogens is 225 g/mol. The number of hydrogen-bond acceptors (Lipinski definition) is 2. The van der Waals surface area contributed by atoms with Crippen molar-refractivity contribution in [1.82, 2.24) is 9.97 Å². The van der Waals surface area contributed by atoms with Gasteiger partial charge in [-0.3, -0.25) is 4.98 Å². The van der Waals surface area contributed by atoms with Crippen molar-refractivity contribution < 1.29 is 15.9 Å². The first-order valence-electron chi connectivity index (χ1n) is 3.40. The van der Waals surface area contributed by atoms with Crippen LogP contribution in [0.2, 0.25) is 0 Å². The average molecular weight is 229 g/mol. The highest BCUT2D eigenvalue weighted by molar-refractivity contribution is 9.10. The van der Waals surface area contributed by atoms with Crippen molar-refractivity contribution in [2.45, 2.75) is 6.18 Å². The number of rotatable bonds is 0. The predicted octanol–water partition coefficient (Wildman–Crippen LogP) is 2.26. The molecule has 60 valence electrons. The van der Waals surface area contributed by atoms with Gasteiger partial charge in [-0.15, -0.1) is 0 Å². The summed E-state index contributed by atoms with van der Waals surface area (Å²) in [5, 5.41) is 0. The molecule has 2 nitrogen and oxygen atoms in total. The number of alkyl halides is 3. The molecule has 0 aliphatic carbocycles. The van der Waals surface area contributed by atoms with Gasteiger partial charge in [-0.2, -0.15) is 13.2 Å². The average Bonchev–Trinajstić information content (AvgIpc) is 1.94. The second-order valence-corrected chi connectivity index (χ2v) is 2.34. The van der Waals surface area contributed by atoms with E-state index in [0.717, 1.165) is 0 Å². The van der Waals surface area contributed by atoms with Crippen LogP contribution in [-0.4, -0.2) is 9.97 Å². The zero-order chi connectivity index (χ0) is 10.2. The smallest absolute Gasteiger partial charge is 0.260 e. The van der Waals surface area contributed by atoms with Crippen molar-refractivity contribution in [2.24, 2.45) is 0 Å². The van der Waals surface area contributed by atoms with Crippen molar-refractivity contribution in [2.75, 3.05) is 0 Å². The van der Waals surface area contributed by atoms with Gasteiger partial charge in [0.1, 0.15) is 4.60 Å². The summed E-state index contributed by atoms with van der Waals surface area (Å²) in [4.78, 5) is 6.04. The molecule has 1 rings (SSSR count). The predicted molar refractivity (Wildman–Crippen MR) is 34.7 cm³/mol. The zero-order valence-electron chi connectivity index (χ0n) is 6.91. The third-order valence-corrected chi connectivity index (χ3v) is 1.14. The van der Waals surface area contributed by atoms with Crippen LogP contribution < -0.4 is 0 Å². The summed E-state index contributed by atoms with van der Waals surface area (Å²) in [6.07, 6.45) is -6.24. The van der Waals surface area contributed by atoms with Crippen molar-refractivity contribution in [3.63, 3.8) is 0 Å². The lowest BCUT2D eigenvalue weighted by Crippen LogP contribution is -2.08. The molecule has 1 heterocycles. The minimum atomic E-state index is -4.71. The van der Waals surface area contributed by atoms with Crippen molar-refractivity contribution in [3.8, 4) is 0 Å². The highest BCUT2D eigenvalue weighted by Crippen LogP contribution is 2.27. The maximum atomic E-state index is 12.1. The summed E-state index contributed by atoms with van der Waals surface area (Å²) >= 11 is 2.63. The van der Waals surface area contributed by atoms with Crippen LogP contribution in [0.3, 0.4) is 0 Å². The summed E-state index contributed by atoms with van der Waals surface area (Å²) in [7, 11) is 0. The maximum absolute atomic E-state index is 12.1. The van der Waals surface area contributed by atoms with Gasteiger partial charge in [-0.05, 0) is 15.9 Å². The van der Waals surface area contributed by atoms with Gasteiger partial charge in [0.25, 0.3) is 0 Å². The first-order chi connectivity index (χ1) is 5.82. The third kappa shape index (κ3) is 2.14. The second kappa shape index (κ2) is 2.77. The lowest BCUT2D eigenvalue weighted by molar-refractivity contribution is -0.141. The Balaban J connectivity index is 3.32. The van der Waals surface area contributed by atoms with Crippen LogP contribution >= 0.6 is 15.9 Å². The Labute approximate surface area is 71.4 Å². The molecule has 0 unspecified atom stereocenters.